The first-order valence-corrected chi connectivity index (χ1v) is 10.3. The van der Waals surface area contributed by atoms with E-state index < -0.39 is 11.2 Å². The van der Waals surface area contributed by atoms with Gasteiger partial charge in [0.05, 0.1) is 6.61 Å². The Morgan fingerprint density at radius 3 is 2.61 bits per heavy atom. The number of amides is 1. The van der Waals surface area contributed by atoms with Crippen molar-refractivity contribution in [3.8, 4) is 0 Å². The SMILES string of the molecule is CCCn1c(N)c(N(CCOC)C(=O)CCCc2nc(C(C)(C)C)no2)c(=O)[nH]c1=O. The number of carbonyl (C=O) groups is 1. The molecule has 0 unspecified atom stereocenters. The third kappa shape index (κ3) is 6.03. The molecule has 0 atom stereocenters. The minimum atomic E-state index is -0.703. The maximum Gasteiger partial charge on any atom is 0.330 e. The quantitative estimate of drug-likeness (QED) is 0.564. The van der Waals surface area contributed by atoms with Gasteiger partial charge in [0.25, 0.3) is 5.56 Å². The van der Waals surface area contributed by atoms with Gasteiger partial charge >= 0.3 is 5.69 Å². The summed E-state index contributed by atoms with van der Waals surface area (Å²) in [6.07, 6.45) is 1.64. The van der Waals surface area contributed by atoms with Gasteiger partial charge in [0.1, 0.15) is 5.82 Å². The topological polar surface area (TPSA) is 149 Å². The first-order chi connectivity index (χ1) is 14.6. The molecule has 0 aliphatic rings. The fraction of sp³-hybridized carbons (Fsp3) is 0.650. The van der Waals surface area contributed by atoms with Crippen molar-refractivity contribution in [1.82, 2.24) is 19.7 Å². The number of aryl methyl sites for hydroxylation is 1. The number of methoxy groups -OCH3 is 1. The molecule has 31 heavy (non-hydrogen) atoms. The number of ether oxygens (including phenoxy) is 1. The summed E-state index contributed by atoms with van der Waals surface area (Å²) in [5.74, 6) is 0.710. The number of carbonyl (C=O) groups excluding carboxylic acids is 1. The number of nitrogen functional groups attached to an aromatic ring is 1. The van der Waals surface area contributed by atoms with Crippen LogP contribution in [-0.4, -0.2) is 45.9 Å². The van der Waals surface area contributed by atoms with Crippen LogP contribution in [0.3, 0.4) is 0 Å². The lowest BCUT2D eigenvalue weighted by atomic mass is 9.96. The van der Waals surface area contributed by atoms with Gasteiger partial charge in [-0.3, -0.25) is 19.1 Å². The molecule has 2 aromatic rings. The normalized spacial score (nSPS) is 11.6. The molecule has 11 heteroatoms. The van der Waals surface area contributed by atoms with Crippen molar-refractivity contribution >= 4 is 17.4 Å². The van der Waals surface area contributed by atoms with Crippen molar-refractivity contribution in [1.29, 1.82) is 0 Å². The van der Waals surface area contributed by atoms with Crippen molar-refractivity contribution < 1.29 is 14.1 Å². The Kier molecular flexibility index (Phi) is 8.14. The predicted molar refractivity (Wildman–Crippen MR) is 116 cm³/mol. The molecule has 0 saturated heterocycles. The Balaban J connectivity index is 2.20. The number of H-pyrrole nitrogens is 1. The first-order valence-electron chi connectivity index (χ1n) is 10.3. The van der Waals surface area contributed by atoms with Crippen molar-refractivity contribution in [2.24, 2.45) is 0 Å². The van der Waals surface area contributed by atoms with Gasteiger partial charge in [-0.1, -0.05) is 32.9 Å². The molecule has 0 aliphatic carbocycles. The minimum Gasteiger partial charge on any atom is -0.383 e. The highest BCUT2D eigenvalue weighted by Crippen LogP contribution is 2.20. The molecule has 1 amide bonds. The van der Waals surface area contributed by atoms with Crippen LogP contribution in [0.15, 0.2) is 14.1 Å². The van der Waals surface area contributed by atoms with E-state index in [1.54, 1.807) is 0 Å². The van der Waals surface area contributed by atoms with Crippen LogP contribution in [-0.2, 0) is 27.9 Å². The fourth-order valence-corrected chi connectivity index (χ4v) is 3.01. The van der Waals surface area contributed by atoms with Crippen LogP contribution in [0.2, 0.25) is 0 Å². The molecule has 0 bridgehead atoms. The number of nitrogens with two attached hydrogens (primary N) is 1. The molecule has 172 valence electrons. The molecule has 0 aliphatic heterocycles. The van der Waals surface area contributed by atoms with E-state index in [2.05, 4.69) is 15.1 Å². The van der Waals surface area contributed by atoms with Gasteiger partial charge in [-0.2, -0.15) is 4.98 Å². The molecular formula is C20H32N6O5. The second kappa shape index (κ2) is 10.4. The van der Waals surface area contributed by atoms with Crippen LogP contribution in [0, 0.1) is 0 Å². The van der Waals surface area contributed by atoms with E-state index in [0.717, 1.165) is 0 Å². The third-order valence-electron chi connectivity index (χ3n) is 4.67. The lowest BCUT2D eigenvalue weighted by Crippen LogP contribution is -2.42. The van der Waals surface area contributed by atoms with Gasteiger partial charge in [0, 0.05) is 38.5 Å². The van der Waals surface area contributed by atoms with E-state index in [0.29, 0.717) is 37.5 Å². The Morgan fingerprint density at radius 2 is 2.03 bits per heavy atom. The summed E-state index contributed by atoms with van der Waals surface area (Å²) in [4.78, 5) is 45.4. The fourth-order valence-electron chi connectivity index (χ4n) is 3.01. The van der Waals surface area contributed by atoms with Gasteiger partial charge in [-0.15, -0.1) is 0 Å². The summed E-state index contributed by atoms with van der Waals surface area (Å²) in [5.41, 5.74) is 4.55. The van der Waals surface area contributed by atoms with Gasteiger partial charge in [-0.25, -0.2) is 4.79 Å². The average Bonchev–Trinajstić information content (AvgIpc) is 3.17. The maximum absolute atomic E-state index is 13.0. The highest BCUT2D eigenvalue weighted by atomic mass is 16.5. The van der Waals surface area contributed by atoms with Crippen LogP contribution in [0.1, 0.15) is 58.7 Å². The zero-order valence-corrected chi connectivity index (χ0v) is 18.9. The van der Waals surface area contributed by atoms with Gasteiger partial charge in [0.2, 0.25) is 11.8 Å². The Bertz CT molecular complexity index is 1000. The number of nitrogens with zero attached hydrogens (tertiary/aromatic N) is 4. The summed E-state index contributed by atoms with van der Waals surface area (Å²) >= 11 is 0. The molecule has 0 spiro atoms. The lowest BCUT2D eigenvalue weighted by molar-refractivity contribution is -0.118. The minimum absolute atomic E-state index is 0.0354. The molecular weight excluding hydrogens is 404 g/mol. The van der Waals surface area contributed by atoms with Crippen LogP contribution < -0.4 is 21.9 Å². The number of aromatic nitrogens is 4. The maximum atomic E-state index is 13.0. The van der Waals surface area contributed by atoms with Crippen molar-refractivity contribution in [3.63, 3.8) is 0 Å². The summed E-state index contributed by atoms with van der Waals surface area (Å²) in [6, 6.07) is 0. The molecule has 0 radical (unpaired) electrons. The molecule has 0 aromatic carbocycles. The summed E-state index contributed by atoms with van der Waals surface area (Å²) in [7, 11) is 1.50. The van der Waals surface area contributed by atoms with E-state index in [9.17, 15) is 14.4 Å². The van der Waals surface area contributed by atoms with Crippen molar-refractivity contribution in [2.45, 2.75) is 65.3 Å². The van der Waals surface area contributed by atoms with Gasteiger partial charge < -0.3 is 19.9 Å². The highest BCUT2D eigenvalue weighted by molar-refractivity contribution is 5.95. The van der Waals surface area contributed by atoms with Crippen molar-refractivity contribution in [2.75, 3.05) is 30.9 Å². The predicted octanol–water partition coefficient (Wildman–Crippen LogP) is 1.21. The number of hydrogen-bond acceptors (Lipinski definition) is 8. The first kappa shape index (κ1) is 24.3. The summed E-state index contributed by atoms with van der Waals surface area (Å²) < 4.78 is 11.6. The van der Waals surface area contributed by atoms with Crippen LogP contribution in [0.4, 0.5) is 11.5 Å². The Morgan fingerprint density at radius 1 is 1.32 bits per heavy atom. The Hall–Kier alpha value is -2.95. The van der Waals surface area contributed by atoms with Gasteiger partial charge in [0.15, 0.2) is 11.5 Å². The van der Waals surface area contributed by atoms with E-state index >= 15 is 0 Å². The number of nitrogens with one attached hydrogen (secondary N) is 1. The lowest BCUT2D eigenvalue weighted by Gasteiger charge is -2.24. The van der Waals surface area contributed by atoms with E-state index in [1.807, 2.05) is 27.7 Å². The molecule has 2 rings (SSSR count). The molecule has 0 saturated carbocycles. The molecule has 2 aromatic heterocycles. The molecule has 2 heterocycles. The highest BCUT2D eigenvalue weighted by Gasteiger charge is 2.24. The second-order valence-electron chi connectivity index (χ2n) is 8.30. The van der Waals surface area contributed by atoms with E-state index in [1.165, 1.54) is 16.6 Å². The number of hydrogen-bond donors (Lipinski definition) is 2. The molecule has 3 N–H and O–H groups in total. The largest absolute Gasteiger partial charge is 0.383 e. The molecule has 11 nitrogen and oxygen atoms in total. The van der Waals surface area contributed by atoms with E-state index in [-0.39, 0.29) is 42.4 Å². The zero-order valence-electron chi connectivity index (χ0n) is 18.9. The molecule has 0 fully saturated rings. The smallest absolute Gasteiger partial charge is 0.330 e. The Labute approximate surface area is 180 Å². The number of aromatic amines is 1. The number of anilines is 2. The second-order valence-corrected chi connectivity index (χ2v) is 8.30. The van der Waals surface area contributed by atoms with Crippen LogP contribution in [0.5, 0.6) is 0 Å². The summed E-state index contributed by atoms with van der Waals surface area (Å²) in [5, 5.41) is 3.97. The van der Waals surface area contributed by atoms with Crippen molar-refractivity contribution in [3.05, 3.63) is 32.6 Å². The standard InChI is InChI=1S/C20H32N6O5/c1-6-10-26-16(21)15(17(28)23-19(26)29)25(11-12-30-5)14(27)9-7-8-13-22-18(24-31-13)20(2,3)4/h6-12,21H2,1-5H3,(H,23,28,29). The monoisotopic (exact) mass is 436 g/mol. The average molecular weight is 437 g/mol. The van der Waals surface area contributed by atoms with E-state index in [4.69, 9.17) is 15.0 Å². The number of rotatable bonds is 10. The van der Waals surface area contributed by atoms with Crippen LogP contribution in [0.25, 0.3) is 0 Å². The third-order valence-corrected chi connectivity index (χ3v) is 4.67. The zero-order chi connectivity index (χ0) is 23.2. The van der Waals surface area contributed by atoms with Gasteiger partial charge in [-0.05, 0) is 12.8 Å². The summed E-state index contributed by atoms with van der Waals surface area (Å²) in [6.45, 7) is 8.50. The van der Waals surface area contributed by atoms with Crippen LogP contribution >= 0.6 is 0 Å².